The number of aliphatic hydroxyl groups is 1. The lowest BCUT2D eigenvalue weighted by Crippen LogP contribution is -2.34. The second-order valence-electron chi connectivity index (χ2n) is 12.3. The predicted octanol–water partition coefficient (Wildman–Crippen LogP) is 5.55. The van der Waals surface area contributed by atoms with Crippen LogP contribution in [0.2, 0.25) is 0 Å². The quantitative estimate of drug-likeness (QED) is 0.251. The molecule has 45 heavy (non-hydrogen) atoms. The predicted molar refractivity (Wildman–Crippen MR) is 172 cm³/mol. The van der Waals surface area contributed by atoms with E-state index in [1.807, 2.05) is 42.6 Å². The maximum atomic E-state index is 13.9. The first kappa shape index (κ1) is 28.0. The van der Waals surface area contributed by atoms with Crippen LogP contribution >= 0.6 is 0 Å². The molecular weight excluding hydrogens is 566 g/mol. The smallest absolute Gasteiger partial charge is 0.262 e. The Morgan fingerprint density at radius 3 is 2.69 bits per heavy atom. The van der Waals surface area contributed by atoms with Gasteiger partial charge in [0, 0.05) is 41.4 Å². The zero-order valence-electron chi connectivity index (χ0n) is 25.4. The summed E-state index contributed by atoms with van der Waals surface area (Å²) in [5.74, 6) is 1.08. The number of rotatable bonds is 7. The van der Waals surface area contributed by atoms with Crippen LogP contribution in [0.5, 0.6) is 5.75 Å². The Morgan fingerprint density at radius 1 is 1.02 bits per heavy atom. The largest absolute Gasteiger partial charge is 0.491 e. The van der Waals surface area contributed by atoms with Gasteiger partial charge in [0.15, 0.2) is 0 Å². The van der Waals surface area contributed by atoms with Crippen LogP contribution < -0.4 is 9.64 Å². The fourth-order valence-electron chi connectivity index (χ4n) is 6.93. The molecule has 0 atom stereocenters. The number of hydrogen-bond acceptors (Lipinski definition) is 7. The van der Waals surface area contributed by atoms with Gasteiger partial charge in [-0.1, -0.05) is 25.1 Å². The minimum atomic E-state index is -0.254. The van der Waals surface area contributed by atoms with Crippen molar-refractivity contribution in [2.45, 2.75) is 51.2 Å². The zero-order valence-corrected chi connectivity index (χ0v) is 25.4. The van der Waals surface area contributed by atoms with Crippen molar-refractivity contribution in [3.05, 3.63) is 77.9 Å². The third kappa shape index (κ3) is 5.07. The summed E-state index contributed by atoms with van der Waals surface area (Å²) in [4.78, 5) is 30.8. The number of anilines is 1. The summed E-state index contributed by atoms with van der Waals surface area (Å²) in [6, 6.07) is 14.2. The van der Waals surface area contributed by atoms with Crippen molar-refractivity contribution in [3.63, 3.8) is 0 Å². The van der Waals surface area contributed by atoms with Gasteiger partial charge in [0.25, 0.3) is 5.91 Å². The highest BCUT2D eigenvalue weighted by molar-refractivity contribution is 6.09. The molecule has 0 spiro atoms. The lowest BCUT2D eigenvalue weighted by Gasteiger charge is -2.31. The maximum Gasteiger partial charge on any atom is 0.262 e. The average Bonchev–Trinajstić information content (AvgIpc) is 3.69. The highest BCUT2D eigenvalue weighted by atomic mass is 16.5. The molecule has 3 aliphatic rings. The van der Waals surface area contributed by atoms with Crippen molar-refractivity contribution in [1.82, 2.24) is 29.6 Å². The molecule has 1 saturated heterocycles. The van der Waals surface area contributed by atoms with Gasteiger partial charge in [0.05, 0.1) is 48.0 Å². The van der Waals surface area contributed by atoms with Crippen molar-refractivity contribution >= 4 is 22.6 Å². The van der Waals surface area contributed by atoms with Crippen LogP contribution in [0.25, 0.3) is 33.5 Å². The van der Waals surface area contributed by atoms with Crippen molar-refractivity contribution in [2.24, 2.45) is 0 Å². The fraction of sp³-hybridized carbons (Fsp3) is 0.371. The number of benzene rings is 2. The van der Waals surface area contributed by atoms with E-state index in [2.05, 4.69) is 43.7 Å². The molecule has 0 unspecified atom stereocenters. The standard InChI is InChI=1S/C35H37N7O3/c1-2-40-12-10-25(11-13-40)42-19-24(18-38-42)30-17-28-33(36-21-37-34(28)39-30)26-4-3-5-31(29(26)20-43)41-14-15-45-32-16-23(22-6-7-22)8-9-27(32)35(41)44/h3-5,8-9,16-19,21-22,25,43H,2,6-7,10-15,20H2,1H3,(H,36,37,39). The minimum absolute atomic E-state index is 0.133. The van der Waals surface area contributed by atoms with Gasteiger partial charge >= 0.3 is 0 Å². The molecule has 2 fully saturated rings. The topological polar surface area (TPSA) is 112 Å². The van der Waals surface area contributed by atoms with E-state index >= 15 is 0 Å². The van der Waals surface area contributed by atoms with Gasteiger partial charge in [-0.2, -0.15) is 5.10 Å². The summed E-state index contributed by atoms with van der Waals surface area (Å²) >= 11 is 0. The van der Waals surface area contributed by atoms with Crippen LogP contribution in [-0.4, -0.2) is 73.4 Å². The highest BCUT2D eigenvalue weighted by Gasteiger charge is 2.30. The Kier molecular flexibility index (Phi) is 7.10. The number of aromatic amines is 1. The van der Waals surface area contributed by atoms with E-state index in [1.165, 1.54) is 24.7 Å². The molecular formula is C35H37N7O3. The van der Waals surface area contributed by atoms with Crippen LogP contribution in [-0.2, 0) is 6.61 Å². The van der Waals surface area contributed by atoms with Crippen molar-refractivity contribution in [2.75, 3.05) is 37.7 Å². The van der Waals surface area contributed by atoms with Crippen LogP contribution in [0, 0.1) is 0 Å². The number of piperidine rings is 1. The second-order valence-corrected chi connectivity index (χ2v) is 12.3. The fourth-order valence-corrected chi connectivity index (χ4v) is 6.93. The molecule has 10 heteroatoms. The molecule has 2 aliphatic heterocycles. The normalized spacial score (nSPS) is 17.8. The summed E-state index contributed by atoms with van der Waals surface area (Å²) in [7, 11) is 0. The van der Waals surface area contributed by atoms with Gasteiger partial charge in [-0.3, -0.25) is 9.48 Å². The van der Waals surface area contributed by atoms with Crippen LogP contribution in [0.3, 0.4) is 0 Å². The molecule has 1 amide bonds. The summed E-state index contributed by atoms with van der Waals surface area (Å²) in [6.45, 7) is 5.98. The maximum absolute atomic E-state index is 13.9. The number of carbonyl (C=O) groups is 1. The van der Waals surface area contributed by atoms with Gasteiger partial charge < -0.3 is 24.6 Å². The number of likely N-dealkylation sites (tertiary alicyclic amines) is 1. The van der Waals surface area contributed by atoms with Gasteiger partial charge in [-0.15, -0.1) is 0 Å². The van der Waals surface area contributed by atoms with Crippen LogP contribution in [0.4, 0.5) is 5.69 Å². The van der Waals surface area contributed by atoms with Crippen LogP contribution in [0.1, 0.15) is 66.1 Å². The summed E-state index contributed by atoms with van der Waals surface area (Å²) < 4.78 is 8.17. The SMILES string of the molecule is CCN1CCC(n2cc(-c3cc4c(-c5cccc(N6CCOc7cc(C8CC8)ccc7C6=O)c5CO)ncnc4[nH]3)cn2)CC1. The van der Waals surface area contributed by atoms with E-state index in [1.54, 1.807) is 4.90 Å². The van der Waals surface area contributed by atoms with E-state index in [9.17, 15) is 9.90 Å². The Bertz CT molecular complexity index is 1880. The Labute approximate surface area is 261 Å². The average molecular weight is 604 g/mol. The molecule has 230 valence electrons. The van der Waals surface area contributed by atoms with Gasteiger partial charge in [0.2, 0.25) is 0 Å². The first-order chi connectivity index (χ1) is 22.1. The van der Waals surface area contributed by atoms with E-state index in [0.717, 1.165) is 54.7 Å². The van der Waals surface area contributed by atoms with Crippen molar-refractivity contribution < 1.29 is 14.6 Å². The molecule has 0 radical (unpaired) electrons. The lowest BCUT2D eigenvalue weighted by molar-refractivity contribution is 0.0989. The first-order valence-electron chi connectivity index (χ1n) is 16.0. The molecule has 5 heterocycles. The molecule has 5 aromatic rings. The molecule has 2 N–H and O–H groups in total. The number of carbonyl (C=O) groups excluding carboxylic acids is 1. The number of nitrogens with zero attached hydrogens (tertiary/aromatic N) is 6. The summed E-state index contributed by atoms with van der Waals surface area (Å²) in [5, 5.41) is 16.3. The Hall–Kier alpha value is -4.54. The molecule has 10 nitrogen and oxygen atoms in total. The second kappa shape index (κ2) is 11.4. The Balaban J connectivity index is 1.12. The summed E-state index contributed by atoms with van der Waals surface area (Å²) in [5.41, 5.74) is 7.12. The van der Waals surface area contributed by atoms with E-state index in [-0.39, 0.29) is 12.5 Å². The van der Waals surface area contributed by atoms with E-state index in [4.69, 9.17) is 9.84 Å². The number of ether oxygens (including phenoxy) is 1. The minimum Gasteiger partial charge on any atom is -0.491 e. The molecule has 1 aliphatic carbocycles. The van der Waals surface area contributed by atoms with Gasteiger partial charge in [-0.25, -0.2) is 9.97 Å². The van der Waals surface area contributed by atoms with E-state index < -0.39 is 0 Å². The van der Waals surface area contributed by atoms with Crippen molar-refractivity contribution in [1.29, 1.82) is 0 Å². The van der Waals surface area contributed by atoms with Gasteiger partial charge in [0.1, 0.15) is 24.3 Å². The number of H-pyrrole nitrogens is 1. The Morgan fingerprint density at radius 2 is 1.89 bits per heavy atom. The number of hydrogen-bond donors (Lipinski definition) is 2. The number of nitrogens with one attached hydrogen (secondary N) is 1. The highest BCUT2D eigenvalue weighted by Crippen LogP contribution is 2.43. The first-order valence-corrected chi connectivity index (χ1v) is 16.0. The molecule has 0 bridgehead atoms. The number of aliphatic hydroxyl groups excluding tert-OH is 1. The van der Waals surface area contributed by atoms with E-state index in [0.29, 0.717) is 59.0 Å². The summed E-state index contributed by atoms with van der Waals surface area (Å²) in [6.07, 6.45) is 10.1. The number of amides is 1. The molecule has 1 saturated carbocycles. The molecule has 8 rings (SSSR count). The monoisotopic (exact) mass is 603 g/mol. The third-order valence-corrected chi connectivity index (χ3v) is 9.67. The van der Waals surface area contributed by atoms with Crippen LogP contribution in [0.15, 0.2) is 61.2 Å². The van der Waals surface area contributed by atoms with Crippen molar-refractivity contribution in [3.8, 4) is 28.3 Å². The number of fused-ring (bicyclic) bond motifs is 2. The zero-order chi connectivity index (χ0) is 30.5. The van der Waals surface area contributed by atoms with Gasteiger partial charge in [-0.05, 0) is 68.0 Å². The molecule has 3 aromatic heterocycles. The third-order valence-electron chi connectivity index (χ3n) is 9.67. The number of aromatic nitrogens is 5. The molecule has 2 aromatic carbocycles. The lowest BCUT2D eigenvalue weighted by atomic mass is 9.99.